The minimum Gasteiger partial charge on any atom is -0.657 e. The smallest absolute Gasteiger partial charge is 0.657 e. The zero-order chi connectivity index (χ0) is 31.4. The Bertz CT molecular complexity index is 1970. The molecular formula is C34H34FeN4O4S2. The Kier molecular flexibility index (Phi) is 9.47. The topological polar surface area (TPSA) is 129 Å². The van der Waals surface area contributed by atoms with Gasteiger partial charge in [-0.25, -0.2) is 22.6 Å². The molecule has 6 rings (SSSR count). The van der Waals surface area contributed by atoms with E-state index in [9.17, 15) is 19.8 Å². The van der Waals surface area contributed by atoms with Crippen molar-refractivity contribution >= 4 is 80.7 Å². The van der Waals surface area contributed by atoms with Crippen molar-refractivity contribution in [3.63, 3.8) is 0 Å². The summed E-state index contributed by atoms with van der Waals surface area (Å²) >= 11 is 6.08. The average Bonchev–Trinajstić information content (AvgIpc) is 3.49. The van der Waals surface area contributed by atoms with Crippen molar-refractivity contribution < 1.29 is 36.9 Å². The van der Waals surface area contributed by atoms with E-state index in [0.29, 0.717) is 35.0 Å². The van der Waals surface area contributed by atoms with Crippen molar-refractivity contribution in [2.45, 2.75) is 63.9 Å². The maximum absolute atomic E-state index is 11.6. The SMILES string of the molecule is [CH2-][C@H](S)c1c(C)c2cc3nc(cc4[n-]c(cc5nc(cc1[n-]2)C(C)=C5CCC(=O)O)c(CCC(=O)O)c4C)C(C)=C3[C@H]1C[SH+]1.[Fe+2]. The number of hydrogen-bond donors (Lipinski definition) is 3. The van der Waals surface area contributed by atoms with E-state index in [0.717, 1.165) is 72.7 Å². The van der Waals surface area contributed by atoms with Crippen LogP contribution in [0.1, 0.15) is 83.4 Å². The van der Waals surface area contributed by atoms with Gasteiger partial charge in [0.05, 0.1) is 22.8 Å². The first kappa shape index (κ1) is 33.1. The molecule has 2 atom stereocenters. The Morgan fingerprint density at radius 3 is 2.04 bits per heavy atom. The fraction of sp³-hybridized carbons (Fsp3) is 0.324. The molecule has 0 amide bonds. The van der Waals surface area contributed by atoms with Gasteiger partial charge in [0.1, 0.15) is 0 Å². The van der Waals surface area contributed by atoms with Crippen LogP contribution in [0, 0.1) is 20.8 Å². The van der Waals surface area contributed by atoms with Gasteiger partial charge in [0.15, 0.2) is 11.0 Å². The quantitative estimate of drug-likeness (QED) is 0.0877. The Morgan fingerprint density at radius 2 is 1.40 bits per heavy atom. The van der Waals surface area contributed by atoms with Crippen LogP contribution in [0.25, 0.3) is 44.4 Å². The van der Waals surface area contributed by atoms with E-state index in [1.54, 1.807) is 0 Å². The number of aryl methyl sites for hydroxylation is 3. The van der Waals surface area contributed by atoms with Gasteiger partial charge in [0, 0.05) is 18.4 Å². The molecular weight excluding hydrogens is 648 g/mol. The van der Waals surface area contributed by atoms with Gasteiger partial charge in [0.25, 0.3) is 0 Å². The van der Waals surface area contributed by atoms with Gasteiger partial charge in [-0.15, -0.1) is 27.3 Å². The Hall–Kier alpha value is -3.24. The first-order chi connectivity index (χ1) is 20.9. The van der Waals surface area contributed by atoms with Gasteiger partial charge in [0.2, 0.25) is 0 Å². The first-order valence-corrected chi connectivity index (χ1v) is 16.3. The van der Waals surface area contributed by atoms with Gasteiger partial charge in [-0.05, 0) is 69.0 Å². The molecule has 2 N–H and O–H groups in total. The monoisotopic (exact) mass is 682 g/mol. The van der Waals surface area contributed by atoms with E-state index in [1.165, 1.54) is 17.3 Å². The maximum atomic E-state index is 11.6. The molecule has 3 aromatic heterocycles. The second-order valence-corrected chi connectivity index (χ2v) is 13.6. The summed E-state index contributed by atoms with van der Waals surface area (Å²) in [4.78, 5) is 43.3. The normalized spacial score (nSPS) is 16.5. The number of allylic oxidation sites excluding steroid dienone is 3. The number of rotatable bonds is 8. The number of hydrogen-bond acceptors (Lipinski definition) is 5. The summed E-state index contributed by atoms with van der Waals surface area (Å²) in [6.45, 7) is 12.2. The summed E-state index contributed by atoms with van der Waals surface area (Å²) < 4.78 is 0. The number of carbonyl (C=O) groups is 2. The van der Waals surface area contributed by atoms with Gasteiger partial charge >= 0.3 is 29.0 Å². The summed E-state index contributed by atoms with van der Waals surface area (Å²) in [5.41, 5.74) is 13.6. The molecule has 1 saturated heterocycles. The molecule has 0 radical (unpaired) electrons. The third-order valence-electron chi connectivity index (χ3n) is 8.69. The van der Waals surface area contributed by atoms with Crippen molar-refractivity contribution in [3.05, 3.63) is 76.2 Å². The van der Waals surface area contributed by atoms with Crippen LogP contribution in [-0.4, -0.2) is 43.1 Å². The van der Waals surface area contributed by atoms with E-state index >= 15 is 0 Å². The van der Waals surface area contributed by atoms with E-state index in [4.69, 9.17) is 32.6 Å². The van der Waals surface area contributed by atoms with Gasteiger partial charge < -0.3 is 27.1 Å². The van der Waals surface area contributed by atoms with E-state index < -0.39 is 11.9 Å². The van der Waals surface area contributed by atoms with Crippen LogP contribution in [0.3, 0.4) is 0 Å². The molecule has 11 heteroatoms. The number of aromatic nitrogens is 4. The fourth-order valence-electron chi connectivity index (χ4n) is 6.17. The maximum Gasteiger partial charge on any atom is 2.00 e. The van der Waals surface area contributed by atoms with Crippen LogP contribution >= 0.6 is 12.6 Å². The molecule has 6 heterocycles. The molecule has 45 heavy (non-hydrogen) atoms. The molecule has 0 unspecified atom stereocenters. The summed E-state index contributed by atoms with van der Waals surface area (Å²) in [6, 6.07) is 7.85. The molecule has 3 aromatic rings. The number of thiol groups is 2. The molecule has 0 spiro atoms. The zero-order valence-electron chi connectivity index (χ0n) is 25.5. The van der Waals surface area contributed by atoms with Crippen LogP contribution in [0.2, 0.25) is 0 Å². The van der Waals surface area contributed by atoms with E-state index in [2.05, 4.69) is 19.9 Å². The van der Waals surface area contributed by atoms with E-state index in [-0.39, 0.29) is 35.2 Å². The standard InChI is InChI=1S/C34H35N4O4S2.Fe/c1-15-20(6-8-31(39)40)26-13-27-21(7-9-32(41)42)16(2)23(36-27)11-28-33(19(5)43)17(3)25(37-28)12-29-34(30-14-44-30)18(4)24(38-29)10-22(15)35-26;/h10-13,19,30H,5-9,14H2,1-4H3,(H5,35,36,37,38,39,40,41,42,43);/q-1;+2/p-1/t19-,30+;/m0./s1. The molecule has 3 aliphatic heterocycles. The number of fused-ring (bicyclic) bond motifs is 8. The average molecular weight is 683 g/mol. The fourth-order valence-corrected chi connectivity index (χ4v) is 7.30. The Morgan fingerprint density at radius 1 is 0.867 bits per heavy atom. The third-order valence-corrected chi connectivity index (χ3v) is 9.93. The molecule has 3 aliphatic rings. The number of aliphatic carboxylic acids is 2. The zero-order valence-corrected chi connectivity index (χ0v) is 28.3. The number of carboxylic acid groups (broad SMARTS) is 2. The van der Waals surface area contributed by atoms with Gasteiger partial charge in [-0.2, -0.15) is 0 Å². The summed E-state index contributed by atoms with van der Waals surface area (Å²) in [7, 11) is 0. The Labute approximate surface area is 282 Å². The van der Waals surface area contributed by atoms with Crippen molar-refractivity contribution in [1.29, 1.82) is 0 Å². The van der Waals surface area contributed by atoms with E-state index in [1.807, 2.05) is 39.0 Å². The van der Waals surface area contributed by atoms with Crippen molar-refractivity contribution in [2.75, 3.05) is 5.75 Å². The third kappa shape index (κ3) is 6.41. The van der Waals surface area contributed by atoms with Crippen LogP contribution in [0.5, 0.6) is 0 Å². The molecule has 234 valence electrons. The predicted molar refractivity (Wildman–Crippen MR) is 181 cm³/mol. The van der Waals surface area contributed by atoms with Crippen LogP contribution in [0.4, 0.5) is 0 Å². The second kappa shape index (κ2) is 12.9. The van der Waals surface area contributed by atoms with Crippen LogP contribution < -0.4 is 9.97 Å². The van der Waals surface area contributed by atoms with Gasteiger partial charge in [-0.3, -0.25) is 9.59 Å². The molecule has 0 aromatic carbocycles. The minimum atomic E-state index is -0.894. The molecule has 0 saturated carbocycles. The predicted octanol–water partition coefficient (Wildman–Crippen LogP) is 5.93. The van der Waals surface area contributed by atoms with Gasteiger partial charge in [-0.1, -0.05) is 46.5 Å². The molecule has 0 aliphatic carbocycles. The number of carboxylic acids is 2. The van der Waals surface area contributed by atoms with Crippen molar-refractivity contribution in [2.24, 2.45) is 0 Å². The first-order valence-electron chi connectivity index (χ1n) is 14.6. The number of nitrogens with zero attached hydrogens (tertiary/aromatic N) is 4. The second-order valence-electron chi connectivity index (χ2n) is 11.6. The van der Waals surface area contributed by atoms with Crippen LogP contribution in [-0.2, 0) is 44.8 Å². The summed E-state index contributed by atoms with van der Waals surface area (Å²) in [5, 5.41) is 19.1. The molecule has 8 bridgehead atoms. The largest absolute Gasteiger partial charge is 2.00 e. The summed E-state index contributed by atoms with van der Waals surface area (Å²) in [6.07, 6.45) is 0.521. The molecule has 8 nitrogen and oxygen atoms in total. The van der Waals surface area contributed by atoms with Crippen LogP contribution in [0.15, 0.2) is 24.3 Å². The van der Waals surface area contributed by atoms with Crippen molar-refractivity contribution in [3.8, 4) is 0 Å². The van der Waals surface area contributed by atoms with Crippen molar-refractivity contribution in [1.82, 2.24) is 19.9 Å². The minimum absolute atomic E-state index is 0. The molecule has 1 fully saturated rings. The Balaban J connectivity index is 0.00000400. The summed E-state index contributed by atoms with van der Waals surface area (Å²) in [5.74, 6) is -0.680.